The van der Waals surface area contributed by atoms with E-state index in [0.717, 1.165) is 28.7 Å². The fourth-order valence-corrected chi connectivity index (χ4v) is 2.16. The molecule has 0 atom stereocenters. The third-order valence-electron chi connectivity index (χ3n) is 2.85. The monoisotopic (exact) mass is 309 g/mol. The number of hydrazone groups is 1. The lowest BCUT2D eigenvalue weighted by atomic mass is 9.99. The first-order valence-electron chi connectivity index (χ1n) is 6.12. The topological polar surface area (TPSA) is 53.5 Å². The van der Waals surface area contributed by atoms with Crippen molar-refractivity contribution < 1.29 is 4.79 Å². The summed E-state index contributed by atoms with van der Waals surface area (Å²) in [6.45, 7) is 0. The van der Waals surface area contributed by atoms with Gasteiger partial charge in [-0.05, 0) is 49.9 Å². The number of anilines is 1. The van der Waals surface area contributed by atoms with Gasteiger partial charge in [0.05, 0.1) is 0 Å². The molecule has 0 saturated heterocycles. The van der Waals surface area contributed by atoms with E-state index in [4.69, 9.17) is 0 Å². The molecule has 0 aliphatic heterocycles. The van der Waals surface area contributed by atoms with Crippen molar-refractivity contribution in [1.29, 1.82) is 0 Å². The van der Waals surface area contributed by atoms with Crippen LogP contribution in [0.1, 0.15) is 32.1 Å². The molecule has 1 saturated carbocycles. The van der Waals surface area contributed by atoms with Crippen LogP contribution in [0.4, 0.5) is 10.5 Å². The van der Waals surface area contributed by atoms with E-state index in [2.05, 4.69) is 31.8 Å². The maximum atomic E-state index is 11.6. The number of rotatable bonds is 2. The standard InChI is InChI=1S/C13H16BrN3O/c14-10-6-8-11(9-7-10)15-13(18)17-16-12-4-2-1-3-5-12/h6-9H,1-5H2,(H2,15,17,18). The molecule has 2 N–H and O–H groups in total. The zero-order valence-corrected chi connectivity index (χ0v) is 11.7. The molecule has 96 valence electrons. The van der Waals surface area contributed by atoms with Crippen LogP contribution < -0.4 is 10.7 Å². The van der Waals surface area contributed by atoms with Crippen molar-refractivity contribution in [1.82, 2.24) is 5.43 Å². The van der Waals surface area contributed by atoms with Crippen LogP contribution >= 0.6 is 15.9 Å². The van der Waals surface area contributed by atoms with Crippen molar-refractivity contribution in [3.05, 3.63) is 28.7 Å². The van der Waals surface area contributed by atoms with E-state index >= 15 is 0 Å². The van der Waals surface area contributed by atoms with E-state index in [9.17, 15) is 4.79 Å². The molecule has 1 aromatic rings. The molecule has 1 fully saturated rings. The molecule has 1 aliphatic rings. The van der Waals surface area contributed by atoms with E-state index in [1.54, 1.807) is 0 Å². The van der Waals surface area contributed by atoms with Crippen LogP contribution in [0.2, 0.25) is 0 Å². The Kier molecular flexibility index (Phi) is 4.75. The lowest BCUT2D eigenvalue weighted by molar-refractivity contribution is 0.252. The molecule has 0 radical (unpaired) electrons. The van der Waals surface area contributed by atoms with Crippen LogP contribution in [0.3, 0.4) is 0 Å². The van der Waals surface area contributed by atoms with Crippen LogP contribution in [0, 0.1) is 0 Å². The first-order valence-corrected chi connectivity index (χ1v) is 6.91. The highest BCUT2D eigenvalue weighted by molar-refractivity contribution is 9.10. The van der Waals surface area contributed by atoms with Gasteiger partial charge in [0.25, 0.3) is 0 Å². The van der Waals surface area contributed by atoms with Crippen molar-refractivity contribution in [2.75, 3.05) is 5.32 Å². The molecule has 5 heteroatoms. The van der Waals surface area contributed by atoms with Gasteiger partial charge in [0.15, 0.2) is 0 Å². The second-order valence-corrected chi connectivity index (χ2v) is 5.23. The Hall–Kier alpha value is -1.36. The Balaban J connectivity index is 1.83. The second kappa shape index (κ2) is 6.54. The number of urea groups is 1. The number of hydrogen-bond donors (Lipinski definition) is 2. The summed E-state index contributed by atoms with van der Waals surface area (Å²) < 4.78 is 0.982. The van der Waals surface area contributed by atoms with Gasteiger partial charge >= 0.3 is 6.03 Å². The summed E-state index contributed by atoms with van der Waals surface area (Å²) in [6.07, 6.45) is 5.62. The number of benzene rings is 1. The maximum absolute atomic E-state index is 11.6. The molecule has 2 rings (SSSR count). The number of nitrogens with zero attached hydrogens (tertiary/aromatic N) is 1. The molecular formula is C13H16BrN3O. The lowest BCUT2D eigenvalue weighted by Crippen LogP contribution is -2.25. The maximum Gasteiger partial charge on any atom is 0.339 e. The van der Waals surface area contributed by atoms with Gasteiger partial charge in [-0.3, -0.25) is 0 Å². The molecule has 0 unspecified atom stereocenters. The Morgan fingerprint density at radius 3 is 2.44 bits per heavy atom. The zero-order valence-electron chi connectivity index (χ0n) is 10.1. The summed E-state index contributed by atoms with van der Waals surface area (Å²) >= 11 is 3.34. The van der Waals surface area contributed by atoms with E-state index in [1.165, 1.54) is 19.3 Å². The second-order valence-electron chi connectivity index (χ2n) is 4.31. The van der Waals surface area contributed by atoms with Crippen LogP contribution in [0.5, 0.6) is 0 Å². The number of carbonyl (C=O) groups excluding carboxylic acids is 1. The smallest absolute Gasteiger partial charge is 0.307 e. The Bertz CT molecular complexity index is 434. The van der Waals surface area contributed by atoms with E-state index in [0.29, 0.717) is 0 Å². The van der Waals surface area contributed by atoms with E-state index in [-0.39, 0.29) is 6.03 Å². The van der Waals surface area contributed by atoms with Crippen molar-refractivity contribution in [3.63, 3.8) is 0 Å². The molecule has 0 heterocycles. The third-order valence-corrected chi connectivity index (χ3v) is 3.38. The fraction of sp³-hybridized carbons (Fsp3) is 0.385. The van der Waals surface area contributed by atoms with Gasteiger partial charge in [-0.15, -0.1) is 0 Å². The molecule has 2 amide bonds. The minimum absolute atomic E-state index is 0.296. The van der Waals surface area contributed by atoms with Gasteiger partial charge in [0.1, 0.15) is 0 Å². The highest BCUT2D eigenvalue weighted by Crippen LogP contribution is 2.15. The molecular weight excluding hydrogens is 294 g/mol. The predicted octanol–water partition coefficient (Wildman–Crippen LogP) is 3.89. The first-order chi connectivity index (χ1) is 8.74. The van der Waals surface area contributed by atoms with Crippen LogP contribution in [0.25, 0.3) is 0 Å². The zero-order chi connectivity index (χ0) is 12.8. The first kappa shape index (κ1) is 13.1. The minimum atomic E-state index is -0.296. The minimum Gasteiger partial charge on any atom is -0.307 e. The van der Waals surface area contributed by atoms with Crippen LogP contribution in [-0.4, -0.2) is 11.7 Å². The normalized spacial score (nSPS) is 15.1. The summed E-state index contributed by atoms with van der Waals surface area (Å²) in [4.78, 5) is 11.6. The molecule has 18 heavy (non-hydrogen) atoms. The number of hydrogen-bond acceptors (Lipinski definition) is 2. The SMILES string of the molecule is O=C(NN=C1CCCCC1)Nc1ccc(Br)cc1. The average molecular weight is 310 g/mol. The highest BCUT2D eigenvalue weighted by atomic mass is 79.9. The van der Waals surface area contributed by atoms with Crippen molar-refractivity contribution >= 4 is 33.4 Å². The molecule has 4 nitrogen and oxygen atoms in total. The summed E-state index contributed by atoms with van der Waals surface area (Å²) in [6, 6.07) is 7.12. The van der Waals surface area contributed by atoms with Crippen LogP contribution in [-0.2, 0) is 0 Å². The van der Waals surface area contributed by atoms with Crippen LogP contribution in [0.15, 0.2) is 33.8 Å². The van der Waals surface area contributed by atoms with Gasteiger partial charge < -0.3 is 5.32 Å². The summed E-state index contributed by atoms with van der Waals surface area (Å²) in [5, 5.41) is 6.87. The summed E-state index contributed by atoms with van der Waals surface area (Å²) in [5.41, 5.74) is 4.38. The molecule has 0 aromatic heterocycles. The number of halogens is 1. The Labute approximate surface area is 115 Å². The van der Waals surface area contributed by atoms with Gasteiger partial charge in [0, 0.05) is 15.9 Å². The van der Waals surface area contributed by atoms with Gasteiger partial charge in [-0.1, -0.05) is 22.4 Å². The number of carbonyl (C=O) groups is 1. The van der Waals surface area contributed by atoms with Crippen molar-refractivity contribution in [3.8, 4) is 0 Å². The van der Waals surface area contributed by atoms with Gasteiger partial charge in [-0.2, -0.15) is 5.10 Å². The Morgan fingerprint density at radius 2 is 1.78 bits per heavy atom. The highest BCUT2D eigenvalue weighted by Gasteiger charge is 2.07. The third kappa shape index (κ3) is 4.14. The van der Waals surface area contributed by atoms with Crippen molar-refractivity contribution in [2.45, 2.75) is 32.1 Å². The lowest BCUT2D eigenvalue weighted by Gasteiger charge is -2.12. The van der Waals surface area contributed by atoms with Crippen molar-refractivity contribution in [2.24, 2.45) is 5.10 Å². The number of nitrogens with one attached hydrogen (secondary N) is 2. The Morgan fingerprint density at radius 1 is 1.11 bits per heavy atom. The largest absolute Gasteiger partial charge is 0.339 e. The molecule has 0 bridgehead atoms. The van der Waals surface area contributed by atoms with E-state index < -0.39 is 0 Å². The quantitative estimate of drug-likeness (QED) is 0.800. The summed E-state index contributed by atoms with van der Waals surface area (Å²) in [5.74, 6) is 0. The van der Waals surface area contributed by atoms with E-state index in [1.807, 2.05) is 24.3 Å². The number of amides is 2. The molecule has 1 aromatic carbocycles. The predicted molar refractivity (Wildman–Crippen MR) is 76.8 cm³/mol. The molecule has 0 spiro atoms. The molecule has 1 aliphatic carbocycles. The fourth-order valence-electron chi connectivity index (χ4n) is 1.89. The average Bonchev–Trinajstić information content (AvgIpc) is 2.40. The summed E-state index contributed by atoms with van der Waals surface area (Å²) in [7, 11) is 0. The van der Waals surface area contributed by atoms with Gasteiger partial charge in [-0.25, -0.2) is 10.2 Å². The van der Waals surface area contributed by atoms with Gasteiger partial charge in [0.2, 0.25) is 0 Å².